The van der Waals surface area contributed by atoms with Gasteiger partial charge in [-0.25, -0.2) is 4.98 Å². The largest absolute Gasteiger partial charge is 0.328 e. The lowest BCUT2D eigenvalue weighted by atomic mass is 10.2. The summed E-state index contributed by atoms with van der Waals surface area (Å²) in [4.78, 5) is 23.6. The van der Waals surface area contributed by atoms with Crippen LogP contribution in [0.5, 0.6) is 0 Å². The Balaban J connectivity index is 1.83. The van der Waals surface area contributed by atoms with Crippen LogP contribution >= 0.6 is 11.3 Å². The molecule has 2 aromatic rings. The van der Waals surface area contributed by atoms with E-state index in [1.165, 1.54) is 4.90 Å². The van der Waals surface area contributed by atoms with Crippen molar-refractivity contribution in [3.8, 4) is 0 Å². The molecule has 6 heteroatoms. The summed E-state index contributed by atoms with van der Waals surface area (Å²) >= 11 is 1.59. The number of aryl methyl sites for hydroxylation is 2. The van der Waals surface area contributed by atoms with Crippen LogP contribution in [-0.2, 0) is 4.79 Å². The molecule has 2 heterocycles. The van der Waals surface area contributed by atoms with E-state index < -0.39 is 0 Å². The Morgan fingerprint density at radius 2 is 1.83 bits per heavy atom. The summed E-state index contributed by atoms with van der Waals surface area (Å²) in [7, 11) is 2.22. The number of thiazole rings is 1. The number of likely N-dealkylation sites (N-methyl/N-ethyl adjacent to an activating group) is 1. The zero-order valence-corrected chi connectivity index (χ0v) is 15.4. The van der Waals surface area contributed by atoms with E-state index in [0.29, 0.717) is 6.54 Å². The molecule has 1 fully saturated rings. The van der Waals surface area contributed by atoms with Crippen molar-refractivity contribution in [2.24, 2.45) is 0 Å². The van der Waals surface area contributed by atoms with Crippen molar-refractivity contribution in [3.63, 3.8) is 0 Å². The van der Waals surface area contributed by atoms with E-state index >= 15 is 0 Å². The first kappa shape index (κ1) is 17.1. The number of rotatable bonds is 4. The molecule has 1 amide bonds. The molecule has 5 nitrogen and oxygen atoms in total. The second kappa shape index (κ2) is 7.42. The van der Waals surface area contributed by atoms with Gasteiger partial charge in [-0.15, -0.1) is 11.3 Å². The van der Waals surface area contributed by atoms with Gasteiger partial charge in [0.15, 0.2) is 11.7 Å². The maximum absolute atomic E-state index is 13.1. The normalized spacial score (nSPS) is 20.8. The van der Waals surface area contributed by atoms with Gasteiger partial charge in [0.2, 0.25) is 0 Å². The average molecular weight is 346 g/mol. The number of nitrogens with one attached hydrogen (secondary N) is 2. The second-order valence-electron chi connectivity index (χ2n) is 6.59. The van der Waals surface area contributed by atoms with Gasteiger partial charge in [-0.2, -0.15) is 0 Å². The van der Waals surface area contributed by atoms with Crippen molar-refractivity contribution < 1.29 is 14.6 Å². The van der Waals surface area contributed by atoms with Crippen LogP contribution in [-0.4, -0.2) is 50.7 Å². The van der Waals surface area contributed by atoms with Gasteiger partial charge >= 0.3 is 0 Å². The Labute approximate surface area is 147 Å². The van der Waals surface area contributed by atoms with Crippen LogP contribution in [0.4, 0.5) is 10.8 Å². The molecule has 1 saturated heterocycles. The Morgan fingerprint density at radius 3 is 2.42 bits per heavy atom. The summed E-state index contributed by atoms with van der Waals surface area (Å²) in [5.74, 6) is 0.129. The van der Waals surface area contributed by atoms with Gasteiger partial charge in [0.05, 0.1) is 18.4 Å². The SMILES string of the molecule is Cc1nc(N(C(=O)C[NH+]2CC[NH+](C)CC2)c2ccccc2)sc1C. The van der Waals surface area contributed by atoms with Crippen LogP contribution in [0.1, 0.15) is 10.6 Å². The number of hydrogen-bond acceptors (Lipinski definition) is 3. The van der Waals surface area contributed by atoms with Crippen LogP contribution in [0.3, 0.4) is 0 Å². The van der Waals surface area contributed by atoms with E-state index in [1.54, 1.807) is 21.1 Å². The van der Waals surface area contributed by atoms with Crippen molar-refractivity contribution in [2.75, 3.05) is 44.7 Å². The second-order valence-corrected chi connectivity index (χ2v) is 7.77. The summed E-state index contributed by atoms with van der Waals surface area (Å²) in [6, 6.07) is 9.86. The predicted octanol–water partition coefficient (Wildman–Crippen LogP) is -0.162. The van der Waals surface area contributed by atoms with Crippen molar-refractivity contribution >= 4 is 28.1 Å². The number of nitrogens with zero attached hydrogens (tertiary/aromatic N) is 2. The fraction of sp³-hybridized carbons (Fsp3) is 0.444. The van der Waals surface area contributed by atoms with Gasteiger partial charge in [-0.1, -0.05) is 18.2 Å². The van der Waals surface area contributed by atoms with E-state index in [2.05, 4.69) is 19.0 Å². The Hall–Kier alpha value is -1.76. The molecule has 0 bridgehead atoms. The zero-order valence-electron chi connectivity index (χ0n) is 14.6. The maximum atomic E-state index is 13.1. The molecule has 0 spiro atoms. The minimum atomic E-state index is 0.129. The van der Waals surface area contributed by atoms with Crippen molar-refractivity contribution in [2.45, 2.75) is 13.8 Å². The molecule has 0 atom stereocenters. The molecule has 0 aliphatic carbocycles. The van der Waals surface area contributed by atoms with Crippen LogP contribution in [0.2, 0.25) is 0 Å². The molecular formula is C18H26N4OS+2. The van der Waals surface area contributed by atoms with Gasteiger partial charge in [-0.3, -0.25) is 9.69 Å². The maximum Gasteiger partial charge on any atom is 0.288 e. The molecule has 2 N–H and O–H groups in total. The number of hydrogen-bond donors (Lipinski definition) is 2. The highest BCUT2D eigenvalue weighted by Gasteiger charge is 2.28. The van der Waals surface area contributed by atoms with Crippen LogP contribution < -0.4 is 14.7 Å². The molecule has 128 valence electrons. The third-order valence-corrected chi connectivity index (χ3v) is 5.74. The summed E-state index contributed by atoms with van der Waals surface area (Å²) < 4.78 is 0. The summed E-state index contributed by atoms with van der Waals surface area (Å²) in [5.41, 5.74) is 1.90. The number of para-hydroxylation sites is 1. The number of anilines is 2. The summed E-state index contributed by atoms with van der Waals surface area (Å²) in [5, 5.41) is 0.778. The molecule has 24 heavy (non-hydrogen) atoms. The van der Waals surface area contributed by atoms with Crippen LogP contribution in [0, 0.1) is 13.8 Å². The van der Waals surface area contributed by atoms with Crippen molar-refractivity contribution in [1.29, 1.82) is 0 Å². The standard InChI is InChI=1S/C18H24N4OS/c1-14-15(2)24-18(19-14)22(16-7-5-4-6-8-16)17(23)13-21-11-9-20(3)10-12-21/h4-8H,9-13H2,1-3H3/p+2. The van der Waals surface area contributed by atoms with Crippen LogP contribution in [0.15, 0.2) is 30.3 Å². The number of amides is 1. The third kappa shape index (κ3) is 3.83. The minimum absolute atomic E-state index is 0.129. The number of benzene rings is 1. The van der Waals surface area contributed by atoms with E-state index in [-0.39, 0.29) is 5.91 Å². The monoisotopic (exact) mass is 346 g/mol. The van der Waals surface area contributed by atoms with Crippen molar-refractivity contribution in [3.05, 3.63) is 40.9 Å². The number of aromatic nitrogens is 1. The van der Waals surface area contributed by atoms with Crippen LogP contribution in [0.25, 0.3) is 0 Å². The third-order valence-electron chi connectivity index (χ3n) is 4.68. The quantitative estimate of drug-likeness (QED) is 0.808. The Morgan fingerprint density at radius 1 is 1.17 bits per heavy atom. The minimum Gasteiger partial charge on any atom is -0.328 e. The highest BCUT2D eigenvalue weighted by molar-refractivity contribution is 7.16. The first-order valence-corrected chi connectivity index (χ1v) is 9.33. The topological polar surface area (TPSA) is 42.1 Å². The lowest BCUT2D eigenvalue weighted by Gasteiger charge is -2.28. The van der Waals surface area contributed by atoms with Crippen molar-refractivity contribution in [1.82, 2.24) is 4.98 Å². The number of carbonyl (C=O) groups excluding carboxylic acids is 1. The highest BCUT2D eigenvalue weighted by atomic mass is 32.1. The highest BCUT2D eigenvalue weighted by Crippen LogP contribution is 2.31. The molecule has 1 aliphatic heterocycles. The van der Waals surface area contributed by atoms with Gasteiger partial charge < -0.3 is 9.80 Å². The molecule has 1 aromatic heterocycles. The van der Waals surface area contributed by atoms with Gasteiger partial charge in [0, 0.05) is 4.88 Å². The Kier molecular flexibility index (Phi) is 5.28. The lowest BCUT2D eigenvalue weighted by Crippen LogP contribution is -3.27. The lowest BCUT2D eigenvalue weighted by molar-refractivity contribution is -1.000. The average Bonchev–Trinajstić information content (AvgIpc) is 2.89. The van der Waals surface area contributed by atoms with Gasteiger partial charge in [0.1, 0.15) is 26.2 Å². The smallest absolute Gasteiger partial charge is 0.288 e. The molecule has 0 radical (unpaired) electrons. The summed E-state index contributed by atoms with van der Waals surface area (Å²) in [6.45, 7) is 8.94. The van der Waals surface area contributed by atoms with E-state index in [1.807, 2.05) is 37.3 Å². The molecular weight excluding hydrogens is 320 g/mol. The first-order valence-electron chi connectivity index (χ1n) is 8.51. The fourth-order valence-corrected chi connectivity index (χ4v) is 3.94. The molecule has 1 aliphatic rings. The zero-order chi connectivity index (χ0) is 17.1. The van der Waals surface area contributed by atoms with E-state index in [0.717, 1.165) is 47.6 Å². The molecule has 0 unspecified atom stereocenters. The van der Waals surface area contributed by atoms with Gasteiger partial charge in [-0.05, 0) is 26.0 Å². The predicted molar refractivity (Wildman–Crippen MR) is 97.4 cm³/mol. The van der Waals surface area contributed by atoms with E-state index in [9.17, 15) is 4.79 Å². The first-order chi connectivity index (χ1) is 11.5. The molecule has 3 rings (SSSR count). The van der Waals surface area contributed by atoms with E-state index in [4.69, 9.17) is 0 Å². The number of quaternary nitrogens is 2. The molecule has 0 saturated carbocycles. The Bertz CT molecular complexity index is 673. The fourth-order valence-electron chi connectivity index (χ4n) is 2.99. The molecule has 1 aromatic carbocycles. The number of piperazine rings is 1. The number of carbonyl (C=O) groups is 1. The summed E-state index contributed by atoms with van der Waals surface area (Å²) in [6.07, 6.45) is 0. The van der Waals surface area contributed by atoms with Gasteiger partial charge in [0.25, 0.3) is 5.91 Å².